The predicted molar refractivity (Wildman–Crippen MR) is 89.0 cm³/mol. The number of carbonyl (C=O) groups is 3. The van der Waals surface area contributed by atoms with Crippen LogP contribution in [-0.2, 0) is 30.3 Å². The molecule has 1 heterocycles. The monoisotopic (exact) mass is 414 g/mol. The van der Waals surface area contributed by atoms with E-state index in [1.165, 1.54) is 20.1 Å². The van der Waals surface area contributed by atoms with E-state index in [4.69, 9.17) is 4.74 Å². The molecule has 0 bridgehead atoms. The van der Waals surface area contributed by atoms with Crippen LogP contribution in [0, 0.1) is 10.1 Å². The maximum atomic E-state index is 12.5. The number of fused-ring (bicyclic) bond motifs is 1. The average molecular weight is 415 g/mol. The third-order valence-electron chi connectivity index (χ3n) is 3.69. The van der Waals surface area contributed by atoms with E-state index in [-0.39, 0.29) is 30.8 Å². The van der Waals surface area contributed by atoms with Gasteiger partial charge in [-0.2, -0.15) is 0 Å². The molecular formula is C15H15BrN2O7. The van der Waals surface area contributed by atoms with Gasteiger partial charge in [-0.25, -0.2) is 4.79 Å². The van der Waals surface area contributed by atoms with Crippen molar-refractivity contribution in [3.63, 3.8) is 0 Å². The highest BCUT2D eigenvalue weighted by atomic mass is 79.9. The number of ether oxygens (including phenoxy) is 2. The van der Waals surface area contributed by atoms with Gasteiger partial charge in [-0.05, 0) is 25.0 Å². The van der Waals surface area contributed by atoms with Crippen LogP contribution in [0.2, 0.25) is 0 Å². The van der Waals surface area contributed by atoms with Gasteiger partial charge in [0.05, 0.1) is 31.1 Å². The van der Waals surface area contributed by atoms with Gasteiger partial charge in [0.15, 0.2) is 0 Å². The van der Waals surface area contributed by atoms with Crippen molar-refractivity contribution in [2.24, 2.45) is 0 Å². The number of hydrogen-bond acceptors (Lipinski definition) is 7. The van der Waals surface area contributed by atoms with E-state index in [1.807, 2.05) is 0 Å². The first-order chi connectivity index (χ1) is 11.8. The van der Waals surface area contributed by atoms with Gasteiger partial charge in [0.2, 0.25) is 0 Å². The Kier molecular flexibility index (Phi) is 5.73. The second-order valence-electron chi connectivity index (χ2n) is 5.22. The summed E-state index contributed by atoms with van der Waals surface area (Å²) in [7, 11) is 1.20. The molecule has 0 saturated carbocycles. The van der Waals surface area contributed by atoms with Gasteiger partial charge in [0.1, 0.15) is 5.69 Å². The minimum absolute atomic E-state index is 0.000145. The fourth-order valence-electron chi connectivity index (χ4n) is 2.74. The zero-order valence-electron chi connectivity index (χ0n) is 13.5. The first-order valence-corrected chi connectivity index (χ1v) is 8.13. The molecule has 2 rings (SSSR count). The Morgan fingerprint density at radius 1 is 1.40 bits per heavy atom. The van der Waals surface area contributed by atoms with Crippen molar-refractivity contribution in [2.45, 2.75) is 25.8 Å². The Morgan fingerprint density at radius 3 is 2.64 bits per heavy atom. The molecule has 1 amide bonds. The van der Waals surface area contributed by atoms with Crippen LogP contribution in [0.4, 0.5) is 11.4 Å². The highest BCUT2D eigenvalue weighted by molar-refractivity contribution is 9.10. The lowest BCUT2D eigenvalue weighted by molar-refractivity contribution is -0.384. The summed E-state index contributed by atoms with van der Waals surface area (Å²) in [5.74, 6) is -2.79. The number of nitrogens with zero attached hydrogens (tertiary/aromatic N) is 2. The van der Waals surface area contributed by atoms with E-state index >= 15 is 0 Å². The molecule has 25 heavy (non-hydrogen) atoms. The SMILES string of the molecule is CCOC(=O)C(=O)N1c2c(cc(Br)cc2[N+](=O)[O-])CC1CC(=O)OC. The van der Waals surface area contributed by atoms with Crippen molar-refractivity contribution in [3.8, 4) is 0 Å². The fraction of sp³-hybridized carbons (Fsp3) is 0.400. The Labute approximate surface area is 151 Å². The number of nitro groups is 1. The first kappa shape index (κ1) is 18.8. The summed E-state index contributed by atoms with van der Waals surface area (Å²) in [6.07, 6.45) is -0.0268. The number of carbonyl (C=O) groups excluding carboxylic acids is 3. The van der Waals surface area contributed by atoms with Gasteiger partial charge >= 0.3 is 17.8 Å². The number of hydrogen-bond donors (Lipinski definition) is 0. The smallest absolute Gasteiger partial charge is 0.397 e. The predicted octanol–water partition coefficient (Wildman–Crippen LogP) is 1.74. The molecule has 0 aromatic heterocycles. The van der Waals surface area contributed by atoms with E-state index in [0.717, 1.165) is 4.90 Å². The number of esters is 2. The summed E-state index contributed by atoms with van der Waals surface area (Å²) in [4.78, 5) is 47.8. The van der Waals surface area contributed by atoms with Crippen LogP contribution in [-0.4, -0.2) is 42.5 Å². The second-order valence-corrected chi connectivity index (χ2v) is 6.14. The molecule has 0 saturated heterocycles. The Morgan fingerprint density at radius 2 is 2.08 bits per heavy atom. The lowest BCUT2D eigenvalue weighted by Gasteiger charge is -2.23. The summed E-state index contributed by atoms with van der Waals surface area (Å²) in [5, 5.41) is 11.4. The first-order valence-electron chi connectivity index (χ1n) is 7.34. The van der Waals surface area contributed by atoms with Crippen LogP contribution in [0.1, 0.15) is 18.9 Å². The summed E-state index contributed by atoms with van der Waals surface area (Å²) in [6, 6.07) is 2.09. The van der Waals surface area contributed by atoms with Crippen LogP contribution in [0.5, 0.6) is 0 Å². The van der Waals surface area contributed by atoms with Crippen molar-refractivity contribution in [1.82, 2.24) is 0 Å². The second kappa shape index (κ2) is 7.60. The largest absolute Gasteiger partial charge is 0.469 e. The van der Waals surface area contributed by atoms with Gasteiger partial charge in [0.25, 0.3) is 5.69 Å². The zero-order valence-corrected chi connectivity index (χ0v) is 15.1. The number of amides is 1. The molecule has 0 aliphatic carbocycles. The van der Waals surface area contributed by atoms with Gasteiger partial charge in [-0.15, -0.1) is 0 Å². The number of rotatable bonds is 4. The van der Waals surface area contributed by atoms with Crippen molar-refractivity contribution in [3.05, 3.63) is 32.3 Å². The number of halogens is 1. The van der Waals surface area contributed by atoms with Gasteiger partial charge in [0, 0.05) is 10.5 Å². The minimum Gasteiger partial charge on any atom is -0.469 e. The summed E-state index contributed by atoms with van der Waals surface area (Å²) in [5.41, 5.74) is 0.141. The Hall–Kier alpha value is -2.49. The third-order valence-corrected chi connectivity index (χ3v) is 4.15. The Balaban J connectivity index is 2.54. The molecular weight excluding hydrogens is 400 g/mol. The summed E-state index contributed by atoms with van der Waals surface area (Å²) >= 11 is 3.19. The number of anilines is 1. The maximum absolute atomic E-state index is 12.5. The molecule has 9 nitrogen and oxygen atoms in total. The normalized spacial score (nSPS) is 15.5. The average Bonchev–Trinajstić information content (AvgIpc) is 2.90. The number of benzene rings is 1. The van der Waals surface area contributed by atoms with Crippen LogP contribution >= 0.6 is 15.9 Å². The van der Waals surface area contributed by atoms with Crippen LogP contribution in [0.25, 0.3) is 0 Å². The lowest BCUT2D eigenvalue weighted by atomic mass is 10.1. The van der Waals surface area contributed by atoms with E-state index in [1.54, 1.807) is 6.07 Å². The molecule has 1 aliphatic heterocycles. The standard InChI is InChI=1S/C15H15BrN2O7/c1-3-25-15(21)14(20)17-10(7-12(19)24-2)5-8-4-9(16)6-11(13(8)17)18(22)23/h4,6,10H,3,5,7H2,1-2H3. The van der Waals surface area contributed by atoms with E-state index in [9.17, 15) is 24.5 Å². The summed E-state index contributed by atoms with van der Waals surface area (Å²) < 4.78 is 9.78. The molecule has 1 unspecified atom stereocenters. The molecule has 1 atom stereocenters. The molecule has 0 N–H and O–H groups in total. The molecule has 1 aromatic rings. The van der Waals surface area contributed by atoms with E-state index < -0.39 is 28.8 Å². The number of nitro benzene ring substituents is 1. The fourth-order valence-corrected chi connectivity index (χ4v) is 3.23. The molecule has 0 fully saturated rings. The zero-order chi connectivity index (χ0) is 18.7. The van der Waals surface area contributed by atoms with Gasteiger partial charge in [-0.3, -0.25) is 24.6 Å². The summed E-state index contributed by atoms with van der Waals surface area (Å²) in [6.45, 7) is 1.52. The van der Waals surface area contributed by atoms with Crippen molar-refractivity contribution >= 4 is 45.2 Å². The van der Waals surface area contributed by atoms with E-state index in [0.29, 0.717) is 10.0 Å². The quantitative estimate of drug-likeness (QED) is 0.318. The van der Waals surface area contributed by atoms with Crippen LogP contribution < -0.4 is 4.90 Å². The Bertz CT molecular complexity index is 750. The lowest BCUT2D eigenvalue weighted by Crippen LogP contribution is -2.44. The number of methoxy groups -OCH3 is 1. The molecule has 0 spiro atoms. The van der Waals surface area contributed by atoms with E-state index in [2.05, 4.69) is 20.7 Å². The molecule has 134 valence electrons. The third kappa shape index (κ3) is 3.78. The highest BCUT2D eigenvalue weighted by Gasteiger charge is 2.43. The topological polar surface area (TPSA) is 116 Å². The van der Waals surface area contributed by atoms with Crippen LogP contribution in [0.15, 0.2) is 16.6 Å². The maximum Gasteiger partial charge on any atom is 0.397 e. The van der Waals surface area contributed by atoms with Gasteiger partial charge < -0.3 is 9.47 Å². The molecule has 0 radical (unpaired) electrons. The molecule has 10 heteroatoms. The van der Waals surface area contributed by atoms with Crippen LogP contribution in [0.3, 0.4) is 0 Å². The minimum atomic E-state index is -1.14. The van der Waals surface area contributed by atoms with Crippen molar-refractivity contribution < 1.29 is 28.8 Å². The molecule has 1 aliphatic rings. The van der Waals surface area contributed by atoms with Crippen molar-refractivity contribution in [2.75, 3.05) is 18.6 Å². The molecule has 1 aromatic carbocycles. The van der Waals surface area contributed by atoms with Crippen molar-refractivity contribution in [1.29, 1.82) is 0 Å². The van der Waals surface area contributed by atoms with Gasteiger partial charge in [-0.1, -0.05) is 15.9 Å². The highest BCUT2D eigenvalue weighted by Crippen LogP contribution is 2.43.